The van der Waals surface area contributed by atoms with E-state index in [9.17, 15) is 9.59 Å². The molecule has 0 aliphatic carbocycles. The Morgan fingerprint density at radius 3 is 2.87 bits per heavy atom. The van der Waals surface area contributed by atoms with Gasteiger partial charge in [-0.15, -0.1) is 10.2 Å². The molecule has 0 saturated carbocycles. The number of pyridine rings is 1. The molecule has 0 spiro atoms. The number of anilines is 1. The summed E-state index contributed by atoms with van der Waals surface area (Å²) in [6, 6.07) is 8.49. The fourth-order valence-corrected chi connectivity index (χ4v) is 3.24. The van der Waals surface area contributed by atoms with Gasteiger partial charge in [-0.3, -0.25) is 14.9 Å². The van der Waals surface area contributed by atoms with Gasteiger partial charge < -0.3 is 4.98 Å². The molecule has 0 bridgehead atoms. The number of hydrogen-bond acceptors (Lipinski definition) is 5. The van der Waals surface area contributed by atoms with Gasteiger partial charge in [0, 0.05) is 23.4 Å². The lowest BCUT2D eigenvalue weighted by Crippen LogP contribution is -2.16. The van der Waals surface area contributed by atoms with Crippen LogP contribution < -0.4 is 10.9 Å². The summed E-state index contributed by atoms with van der Waals surface area (Å²) in [6.07, 6.45) is 0.821. The fourth-order valence-electron chi connectivity index (χ4n) is 2.29. The van der Waals surface area contributed by atoms with Crippen LogP contribution in [0, 0.1) is 5.92 Å². The third-order valence-electron chi connectivity index (χ3n) is 3.27. The first-order chi connectivity index (χ1) is 11.0. The number of amides is 1. The lowest BCUT2D eigenvalue weighted by Gasteiger charge is -2.05. The molecule has 0 unspecified atom stereocenters. The second-order valence-electron chi connectivity index (χ2n) is 5.65. The van der Waals surface area contributed by atoms with Gasteiger partial charge in [-0.25, -0.2) is 0 Å². The van der Waals surface area contributed by atoms with Crippen LogP contribution in [0.4, 0.5) is 5.13 Å². The van der Waals surface area contributed by atoms with Crippen molar-refractivity contribution >= 4 is 33.3 Å². The van der Waals surface area contributed by atoms with E-state index in [1.54, 1.807) is 12.1 Å². The molecule has 2 N–H and O–H groups in total. The summed E-state index contributed by atoms with van der Waals surface area (Å²) in [5, 5.41) is 12.8. The number of fused-ring (bicyclic) bond motifs is 1. The van der Waals surface area contributed by atoms with E-state index in [0.717, 1.165) is 11.4 Å². The van der Waals surface area contributed by atoms with Crippen molar-refractivity contribution in [3.05, 3.63) is 51.3 Å². The predicted molar refractivity (Wildman–Crippen MR) is 91.0 cm³/mol. The molecule has 0 aliphatic rings. The molecule has 3 rings (SSSR count). The molecular weight excluding hydrogens is 312 g/mol. The Labute approximate surface area is 136 Å². The van der Waals surface area contributed by atoms with Crippen molar-refractivity contribution in [3.63, 3.8) is 0 Å². The first-order valence-corrected chi connectivity index (χ1v) is 8.10. The molecule has 1 aromatic carbocycles. The minimum absolute atomic E-state index is 0.313. The van der Waals surface area contributed by atoms with E-state index in [2.05, 4.69) is 34.3 Å². The number of carbonyl (C=O) groups excluding carboxylic acids is 1. The van der Waals surface area contributed by atoms with Crippen LogP contribution in [0.3, 0.4) is 0 Å². The standard InChI is InChI=1S/C16H16N4O2S/c1-9(2)7-14-19-20-16(23-14)18-15(22)11-8-13(21)17-12-6-4-3-5-10(11)12/h3-6,8-9H,7H2,1-2H3,(H,17,21)(H,18,20,22). The number of H-pyrrole nitrogens is 1. The molecule has 1 amide bonds. The quantitative estimate of drug-likeness (QED) is 0.771. The topological polar surface area (TPSA) is 87.7 Å². The van der Waals surface area contributed by atoms with Crippen molar-refractivity contribution in [2.45, 2.75) is 20.3 Å². The predicted octanol–water partition coefficient (Wildman–Crippen LogP) is 2.83. The number of rotatable bonds is 4. The first kappa shape index (κ1) is 15.4. The van der Waals surface area contributed by atoms with E-state index in [4.69, 9.17) is 0 Å². The van der Waals surface area contributed by atoms with Crippen LogP contribution in [0.5, 0.6) is 0 Å². The molecule has 0 saturated heterocycles. The summed E-state index contributed by atoms with van der Waals surface area (Å²) >= 11 is 1.35. The van der Waals surface area contributed by atoms with Crippen LogP contribution in [0.2, 0.25) is 0 Å². The Kier molecular flexibility index (Phi) is 4.20. The van der Waals surface area contributed by atoms with E-state index < -0.39 is 0 Å². The van der Waals surface area contributed by atoms with Gasteiger partial charge in [-0.05, 0) is 12.0 Å². The van der Waals surface area contributed by atoms with Crippen molar-refractivity contribution in [2.75, 3.05) is 5.32 Å². The third kappa shape index (κ3) is 3.45. The zero-order valence-corrected chi connectivity index (χ0v) is 13.6. The molecule has 0 aliphatic heterocycles. The summed E-state index contributed by atoms with van der Waals surface area (Å²) in [7, 11) is 0. The monoisotopic (exact) mass is 328 g/mol. The molecule has 0 atom stereocenters. The largest absolute Gasteiger partial charge is 0.322 e. The van der Waals surface area contributed by atoms with Gasteiger partial charge in [0.25, 0.3) is 5.91 Å². The SMILES string of the molecule is CC(C)Cc1nnc(NC(=O)c2cc(=O)[nH]c3ccccc23)s1. The Morgan fingerprint density at radius 1 is 1.30 bits per heavy atom. The van der Waals surface area contributed by atoms with Crippen LogP contribution in [0.15, 0.2) is 35.1 Å². The van der Waals surface area contributed by atoms with E-state index >= 15 is 0 Å². The van der Waals surface area contributed by atoms with Crippen LogP contribution in [0.25, 0.3) is 10.9 Å². The summed E-state index contributed by atoms with van der Waals surface area (Å²) in [5.41, 5.74) is 0.638. The lowest BCUT2D eigenvalue weighted by atomic mass is 10.1. The molecule has 0 radical (unpaired) electrons. The van der Waals surface area contributed by atoms with Crippen LogP contribution in [0.1, 0.15) is 29.2 Å². The zero-order chi connectivity index (χ0) is 16.4. The lowest BCUT2D eigenvalue weighted by molar-refractivity contribution is 0.102. The highest BCUT2D eigenvalue weighted by atomic mass is 32.1. The molecule has 23 heavy (non-hydrogen) atoms. The second kappa shape index (κ2) is 6.29. The maximum atomic E-state index is 12.5. The van der Waals surface area contributed by atoms with Crippen molar-refractivity contribution in [1.82, 2.24) is 15.2 Å². The minimum Gasteiger partial charge on any atom is -0.322 e. The van der Waals surface area contributed by atoms with Gasteiger partial charge in [-0.2, -0.15) is 0 Å². The first-order valence-electron chi connectivity index (χ1n) is 7.28. The number of aromatic amines is 1. The Hall–Kier alpha value is -2.54. The molecule has 118 valence electrons. The van der Waals surface area contributed by atoms with Crippen molar-refractivity contribution in [3.8, 4) is 0 Å². The molecular formula is C16H16N4O2S. The van der Waals surface area contributed by atoms with Crippen LogP contribution in [-0.2, 0) is 6.42 Å². The number of nitrogens with one attached hydrogen (secondary N) is 2. The highest BCUT2D eigenvalue weighted by Gasteiger charge is 2.14. The van der Waals surface area contributed by atoms with E-state index in [-0.39, 0.29) is 11.5 Å². The molecule has 6 nitrogen and oxygen atoms in total. The summed E-state index contributed by atoms with van der Waals surface area (Å²) in [5.74, 6) is 0.114. The summed E-state index contributed by atoms with van der Waals surface area (Å²) < 4.78 is 0. The van der Waals surface area contributed by atoms with E-state index in [1.165, 1.54) is 17.4 Å². The van der Waals surface area contributed by atoms with Crippen molar-refractivity contribution < 1.29 is 4.79 Å². The van der Waals surface area contributed by atoms with Gasteiger partial charge in [0.05, 0.1) is 5.56 Å². The highest BCUT2D eigenvalue weighted by molar-refractivity contribution is 7.15. The van der Waals surface area contributed by atoms with Crippen molar-refractivity contribution in [2.24, 2.45) is 5.92 Å². The Morgan fingerprint density at radius 2 is 2.09 bits per heavy atom. The number of carbonyl (C=O) groups is 1. The molecule has 3 aromatic rings. The van der Waals surface area contributed by atoms with E-state index in [0.29, 0.717) is 27.5 Å². The second-order valence-corrected chi connectivity index (χ2v) is 6.71. The van der Waals surface area contributed by atoms with Gasteiger partial charge in [0.1, 0.15) is 5.01 Å². The number of para-hydroxylation sites is 1. The van der Waals surface area contributed by atoms with Gasteiger partial charge >= 0.3 is 0 Å². The summed E-state index contributed by atoms with van der Waals surface area (Å²) in [6.45, 7) is 4.20. The molecule has 2 heterocycles. The van der Waals surface area contributed by atoms with Crippen molar-refractivity contribution in [1.29, 1.82) is 0 Å². The average Bonchev–Trinajstić information content (AvgIpc) is 2.92. The molecule has 7 heteroatoms. The number of hydrogen-bond donors (Lipinski definition) is 2. The normalized spacial score (nSPS) is 11.1. The number of nitrogens with zero attached hydrogens (tertiary/aromatic N) is 2. The Bertz CT molecular complexity index is 914. The maximum Gasteiger partial charge on any atom is 0.258 e. The average molecular weight is 328 g/mol. The smallest absolute Gasteiger partial charge is 0.258 e. The minimum atomic E-state index is -0.362. The van der Waals surface area contributed by atoms with Gasteiger partial charge in [-0.1, -0.05) is 43.4 Å². The van der Waals surface area contributed by atoms with Gasteiger partial charge in [0.15, 0.2) is 0 Å². The zero-order valence-electron chi connectivity index (χ0n) is 12.8. The number of aromatic nitrogens is 3. The molecule has 0 fully saturated rings. The number of benzene rings is 1. The van der Waals surface area contributed by atoms with Gasteiger partial charge in [0.2, 0.25) is 10.7 Å². The highest BCUT2D eigenvalue weighted by Crippen LogP contribution is 2.20. The van der Waals surface area contributed by atoms with Crippen LogP contribution in [-0.4, -0.2) is 21.1 Å². The third-order valence-corrected chi connectivity index (χ3v) is 4.13. The molecule has 2 aromatic heterocycles. The van der Waals surface area contributed by atoms with Crippen LogP contribution >= 0.6 is 11.3 Å². The summed E-state index contributed by atoms with van der Waals surface area (Å²) in [4.78, 5) is 26.9. The Balaban J connectivity index is 1.89. The fraction of sp³-hybridized carbons (Fsp3) is 0.250. The maximum absolute atomic E-state index is 12.5. The van der Waals surface area contributed by atoms with E-state index in [1.807, 2.05) is 12.1 Å².